The first-order chi connectivity index (χ1) is 29.3. The van der Waals surface area contributed by atoms with Gasteiger partial charge in [0.25, 0.3) is 0 Å². The van der Waals surface area contributed by atoms with Crippen LogP contribution in [0.4, 0.5) is 0 Å². The van der Waals surface area contributed by atoms with E-state index >= 15 is 0 Å². The molecule has 0 aliphatic carbocycles. The molecule has 0 bridgehead atoms. The van der Waals surface area contributed by atoms with Crippen LogP contribution >= 0.6 is 71.9 Å². The first-order valence-corrected chi connectivity index (χ1v) is 25.3. The van der Waals surface area contributed by atoms with Crippen molar-refractivity contribution in [2.24, 2.45) is 0 Å². The molecule has 0 spiro atoms. The minimum absolute atomic E-state index is 0.0212. The van der Waals surface area contributed by atoms with Crippen LogP contribution in [-0.4, -0.2) is 132 Å². The summed E-state index contributed by atoms with van der Waals surface area (Å²) in [4.78, 5) is 83.4. The second-order valence-corrected chi connectivity index (χ2v) is 19.3. The molecule has 3 fully saturated rings. The summed E-state index contributed by atoms with van der Waals surface area (Å²) in [6, 6.07) is -0.857. The largest absolute Gasteiger partial charge is 0.481 e. The Labute approximate surface area is 390 Å². The topological polar surface area (TPSA) is 177 Å². The maximum atomic E-state index is 11.7. The number of carbonyl (C=O) groups excluding carboxylic acids is 6. The van der Waals surface area contributed by atoms with E-state index in [1.807, 2.05) is 0 Å². The molecule has 0 radical (unpaired) electrons. The second kappa shape index (κ2) is 35.0. The lowest BCUT2D eigenvalue weighted by atomic mass is 10.1. The molecule has 3 rings (SSSR count). The Bertz CT molecular complexity index is 1410. The third-order valence-corrected chi connectivity index (χ3v) is 14.1. The molecular weight excluding hydrogens is 903 g/mol. The van der Waals surface area contributed by atoms with Crippen molar-refractivity contribution in [3.8, 4) is 0 Å². The Morgan fingerprint density at radius 1 is 0.525 bits per heavy atom. The molecule has 1 N–H and O–H groups in total. The van der Waals surface area contributed by atoms with Gasteiger partial charge in [-0.3, -0.25) is 43.5 Å². The van der Waals surface area contributed by atoms with Crippen molar-refractivity contribution in [3.63, 3.8) is 0 Å². The van der Waals surface area contributed by atoms with Gasteiger partial charge < -0.3 is 19.3 Å². The van der Waals surface area contributed by atoms with Gasteiger partial charge in [0.15, 0.2) is 0 Å². The van der Waals surface area contributed by atoms with Crippen molar-refractivity contribution in [3.05, 3.63) is 0 Å². The van der Waals surface area contributed by atoms with Gasteiger partial charge in [0.05, 0.1) is 38.6 Å². The number of hydrogen-bond donors (Lipinski definition) is 1. The summed E-state index contributed by atoms with van der Waals surface area (Å²) in [6.07, 6.45) is 21.5. The summed E-state index contributed by atoms with van der Waals surface area (Å²) >= 11 is 19.4. The molecule has 1 atom stereocenters. The highest BCUT2D eigenvalue weighted by Crippen LogP contribution is 2.25. The number of nitrogens with zero attached hydrogens (tertiary/aromatic N) is 3. The van der Waals surface area contributed by atoms with Crippen LogP contribution in [0.25, 0.3) is 0 Å². The Kier molecular flexibility index (Phi) is 32.5. The molecule has 0 aromatic heterocycles. The molecule has 0 aromatic rings. The number of carboxylic acid groups (broad SMARTS) is 1. The number of rotatable bonds is 29. The zero-order valence-corrected chi connectivity index (χ0v) is 40.9. The molecule has 3 amide bonds. The smallest absolute Gasteiger partial charge is 0.329 e. The Hall–Kier alpha value is -2.39. The van der Waals surface area contributed by atoms with Gasteiger partial charge in [-0.25, -0.2) is 4.79 Å². The SMILES string of the molecule is COC(=O)CCC(C(=O)OC)N1C(=O)CSC1=S.COC(=O)CCCCCCCCCCCN1C(=O)CSC1=S.O=C(O)CCCCCCCCCCCN1C(=O)CSC1=S. The fraction of sp³-hybridized carbons (Fsp3) is 0.756. The van der Waals surface area contributed by atoms with Crippen LogP contribution in [0.2, 0.25) is 0 Å². The number of thiocarbonyl (C=S) groups is 3. The van der Waals surface area contributed by atoms with Gasteiger partial charge in [0, 0.05) is 32.4 Å². The minimum atomic E-state index is -0.857. The summed E-state index contributed by atoms with van der Waals surface area (Å²) in [5.41, 5.74) is 0. The molecule has 0 aromatic carbocycles. The minimum Gasteiger partial charge on any atom is -0.481 e. The number of aliphatic carboxylic acids is 1. The van der Waals surface area contributed by atoms with E-state index in [-0.39, 0.29) is 42.3 Å². The van der Waals surface area contributed by atoms with Crippen LogP contribution < -0.4 is 0 Å². The lowest BCUT2D eigenvalue weighted by molar-refractivity contribution is -0.150. The van der Waals surface area contributed by atoms with Crippen LogP contribution in [-0.2, 0) is 47.8 Å². The van der Waals surface area contributed by atoms with Crippen LogP contribution in [0.15, 0.2) is 0 Å². The average molecular weight is 968 g/mol. The van der Waals surface area contributed by atoms with Crippen molar-refractivity contribution in [2.45, 2.75) is 147 Å². The number of thioether (sulfide) groups is 3. The highest BCUT2D eigenvalue weighted by Gasteiger charge is 2.38. The van der Waals surface area contributed by atoms with E-state index in [1.165, 1.54) is 126 Å². The first-order valence-electron chi connectivity index (χ1n) is 21.1. The summed E-state index contributed by atoms with van der Waals surface area (Å²) in [5.74, 6) is -0.497. The Morgan fingerprint density at radius 3 is 1.23 bits per heavy atom. The van der Waals surface area contributed by atoms with Gasteiger partial charge in [0.2, 0.25) is 17.7 Å². The number of unbranched alkanes of at least 4 members (excludes halogenated alkanes) is 16. The normalized spacial score (nSPS) is 15.4. The van der Waals surface area contributed by atoms with Crippen LogP contribution in [0.1, 0.15) is 141 Å². The molecule has 3 aliphatic rings. The van der Waals surface area contributed by atoms with E-state index in [1.54, 1.807) is 9.80 Å². The molecule has 0 saturated carbocycles. The molecule has 20 heteroatoms. The molecule has 1 unspecified atom stereocenters. The number of hydrogen-bond acceptors (Lipinski definition) is 16. The van der Waals surface area contributed by atoms with E-state index in [0.717, 1.165) is 73.1 Å². The van der Waals surface area contributed by atoms with Crippen LogP contribution in [0.5, 0.6) is 0 Å². The zero-order chi connectivity index (χ0) is 45.4. The van der Waals surface area contributed by atoms with Crippen molar-refractivity contribution in [1.29, 1.82) is 0 Å². The van der Waals surface area contributed by atoms with Gasteiger partial charge in [-0.1, -0.05) is 162 Å². The molecule has 3 saturated heterocycles. The molecule has 346 valence electrons. The zero-order valence-electron chi connectivity index (χ0n) is 36.0. The highest BCUT2D eigenvalue weighted by molar-refractivity contribution is 8.24. The van der Waals surface area contributed by atoms with E-state index < -0.39 is 23.9 Å². The number of carboxylic acids is 1. The van der Waals surface area contributed by atoms with Gasteiger partial charge >= 0.3 is 23.9 Å². The quantitative estimate of drug-likeness (QED) is 0.0329. The van der Waals surface area contributed by atoms with Gasteiger partial charge in [-0.05, 0) is 32.1 Å². The van der Waals surface area contributed by atoms with E-state index in [0.29, 0.717) is 28.7 Å². The van der Waals surface area contributed by atoms with Crippen molar-refractivity contribution < 1.29 is 52.9 Å². The second-order valence-electron chi connectivity index (χ2n) is 14.5. The third kappa shape index (κ3) is 25.5. The van der Waals surface area contributed by atoms with Crippen molar-refractivity contribution >= 4 is 126 Å². The molecule has 3 heterocycles. The standard InChI is InChI=1S/C16H27NO3S2.C15H25NO3S2.C10H13NO5S2/c1-20-15(19)11-9-7-5-3-2-4-6-8-10-12-17-14(18)13-22-16(17)21;17-13-12-21-15(20)16(13)11-9-7-5-3-1-2-4-6-8-10-14(18)19;1-15-8(13)4-3-6(9(14)16-2)11-7(12)5-18-10(11)17/h2-13H2,1H3;1-12H2,(H,18,19);6H,3-5H2,1-2H3. The van der Waals surface area contributed by atoms with Crippen molar-refractivity contribution in [1.82, 2.24) is 14.7 Å². The predicted molar refractivity (Wildman–Crippen MR) is 254 cm³/mol. The van der Waals surface area contributed by atoms with Gasteiger partial charge in [-0.2, -0.15) is 0 Å². The molecule has 61 heavy (non-hydrogen) atoms. The highest BCUT2D eigenvalue weighted by atomic mass is 32.2. The van der Waals surface area contributed by atoms with Gasteiger partial charge in [-0.15, -0.1) is 0 Å². The number of ether oxygens (including phenoxy) is 3. The summed E-state index contributed by atoms with van der Waals surface area (Å²) in [7, 11) is 3.93. The van der Waals surface area contributed by atoms with Crippen molar-refractivity contribution in [2.75, 3.05) is 51.7 Å². The first kappa shape index (κ1) is 56.6. The van der Waals surface area contributed by atoms with Gasteiger partial charge in [0.1, 0.15) is 19.0 Å². The monoisotopic (exact) mass is 967 g/mol. The average Bonchev–Trinajstić information content (AvgIpc) is 3.88. The summed E-state index contributed by atoms with van der Waals surface area (Å²) in [6.45, 7) is 1.57. The number of methoxy groups -OCH3 is 3. The lowest BCUT2D eigenvalue weighted by Crippen LogP contribution is -2.45. The summed E-state index contributed by atoms with van der Waals surface area (Å²) in [5, 5.41) is 8.51. The molecule has 3 aliphatic heterocycles. The number of carbonyl (C=O) groups is 7. The number of amides is 3. The fourth-order valence-corrected chi connectivity index (χ4v) is 9.77. The summed E-state index contributed by atoms with van der Waals surface area (Å²) < 4.78 is 15.6. The van der Waals surface area contributed by atoms with Crippen LogP contribution in [0.3, 0.4) is 0 Å². The Balaban J connectivity index is 0.000000460. The lowest BCUT2D eigenvalue weighted by Gasteiger charge is -2.24. The maximum Gasteiger partial charge on any atom is 0.329 e. The predicted octanol–water partition coefficient (Wildman–Crippen LogP) is 8.09. The van der Waals surface area contributed by atoms with Crippen LogP contribution in [0, 0.1) is 0 Å². The Morgan fingerprint density at radius 2 is 0.885 bits per heavy atom. The van der Waals surface area contributed by atoms with E-state index in [4.69, 9.17) is 41.8 Å². The molecule has 14 nitrogen and oxygen atoms in total. The fourth-order valence-electron chi connectivity index (χ4n) is 6.37. The van der Waals surface area contributed by atoms with E-state index in [2.05, 4.69) is 14.2 Å². The molecular formula is C41H65N3O11S6. The number of esters is 3. The maximum absolute atomic E-state index is 11.7. The van der Waals surface area contributed by atoms with E-state index in [9.17, 15) is 33.6 Å². The third-order valence-electron chi connectivity index (χ3n) is 9.86.